The Morgan fingerprint density at radius 2 is 1.62 bits per heavy atom. The van der Waals surface area contributed by atoms with Gasteiger partial charge in [0.05, 0.1) is 25.2 Å². The van der Waals surface area contributed by atoms with Crippen LogP contribution in [-0.4, -0.2) is 43.0 Å². The summed E-state index contributed by atoms with van der Waals surface area (Å²) in [7, 11) is 0. The molecule has 9 heteroatoms. The molecule has 4 N–H and O–H groups in total. The topological polar surface area (TPSA) is 53.5 Å². The van der Waals surface area contributed by atoms with E-state index in [0.29, 0.717) is 43.6 Å². The first-order valence-corrected chi connectivity index (χ1v) is 14.6. The number of quaternary nitrogens is 2. The van der Waals surface area contributed by atoms with Crippen molar-refractivity contribution in [2.75, 3.05) is 26.2 Å². The number of likely N-dealkylation sites (tertiary alicyclic amines) is 1. The third-order valence-electron chi connectivity index (χ3n) is 10.1. The Bertz CT molecular complexity index is 1160. The van der Waals surface area contributed by atoms with Crippen LogP contribution >= 0.6 is 0 Å². The van der Waals surface area contributed by atoms with Gasteiger partial charge in [0.2, 0.25) is 5.91 Å². The molecule has 40 heavy (non-hydrogen) atoms. The maximum Gasteiger partial charge on any atom is 0.416 e. The smallest absolute Gasteiger partial charge is 0.416 e. The minimum absolute atomic E-state index is 0. The number of amides is 1. The van der Waals surface area contributed by atoms with Crippen molar-refractivity contribution in [3.8, 4) is 0 Å². The zero-order chi connectivity index (χ0) is 26.3. The molecule has 0 unspecified atom stereocenters. The quantitative estimate of drug-likeness (QED) is 0.407. The summed E-state index contributed by atoms with van der Waals surface area (Å²) in [6, 6.07) is 15.5. The van der Waals surface area contributed by atoms with Crippen LogP contribution < -0.4 is 35.4 Å². The number of piperidine rings is 1. The Balaban J connectivity index is 0.00000185. The van der Waals surface area contributed by atoms with Gasteiger partial charge in [-0.25, -0.2) is 0 Å². The van der Waals surface area contributed by atoms with E-state index in [-0.39, 0.29) is 42.7 Å². The number of halogens is 5. The van der Waals surface area contributed by atoms with Crippen molar-refractivity contribution in [3.05, 3.63) is 70.8 Å². The predicted molar refractivity (Wildman–Crippen MR) is 139 cm³/mol. The van der Waals surface area contributed by atoms with Gasteiger partial charge >= 0.3 is 6.18 Å². The summed E-state index contributed by atoms with van der Waals surface area (Å²) >= 11 is 0. The van der Waals surface area contributed by atoms with Crippen LogP contribution in [0.5, 0.6) is 0 Å². The SMILES string of the molecule is O=C([C@@H]1C[NH2+]C[C@]12C[NH2+]Cc1c(C(F)(F)F)cccc12)N1CC[C@@H](c2ccccc2)C[C@H]1C1CCCCC1.[Cl-].[Cl-]. The first-order chi connectivity index (χ1) is 18.4. The van der Waals surface area contributed by atoms with Crippen LogP contribution in [0.25, 0.3) is 0 Å². The maximum atomic E-state index is 14.5. The van der Waals surface area contributed by atoms with E-state index >= 15 is 0 Å². The maximum absolute atomic E-state index is 14.5. The molecule has 2 aromatic carbocycles. The van der Waals surface area contributed by atoms with Gasteiger partial charge < -0.3 is 40.3 Å². The minimum atomic E-state index is -4.38. The van der Waals surface area contributed by atoms with E-state index in [9.17, 15) is 18.0 Å². The monoisotopic (exact) mass is 597 g/mol. The van der Waals surface area contributed by atoms with E-state index in [0.717, 1.165) is 24.9 Å². The minimum Gasteiger partial charge on any atom is -1.00 e. The molecule has 3 aliphatic heterocycles. The third kappa shape index (κ3) is 5.64. The number of fused-ring (bicyclic) bond motifs is 2. The largest absolute Gasteiger partial charge is 1.00 e. The Kier molecular flexibility index (Phi) is 9.81. The molecule has 1 amide bonds. The highest BCUT2D eigenvalue weighted by Gasteiger charge is 2.58. The molecule has 0 radical (unpaired) electrons. The number of benzene rings is 2. The van der Waals surface area contributed by atoms with E-state index in [1.807, 2.05) is 11.4 Å². The van der Waals surface area contributed by atoms with Crippen molar-refractivity contribution in [1.29, 1.82) is 0 Å². The van der Waals surface area contributed by atoms with Crippen molar-refractivity contribution in [2.24, 2.45) is 11.8 Å². The van der Waals surface area contributed by atoms with Gasteiger partial charge in [-0.1, -0.05) is 61.7 Å². The first-order valence-electron chi connectivity index (χ1n) is 14.6. The Morgan fingerprint density at radius 3 is 2.35 bits per heavy atom. The van der Waals surface area contributed by atoms with Gasteiger partial charge in [-0.05, 0) is 54.7 Å². The molecule has 220 valence electrons. The molecule has 6 rings (SSSR count). The fourth-order valence-corrected chi connectivity index (χ4v) is 8.32. The zero-order valence-corrected chi connectivity index (χ0v) is 24.3. The number of nitrogens with zero attached hydrogens (tertiary/aromatic N) is 1. The Morgan fingerprint density at radius 1 is 0.900 bits per heavy atom. The average Bonchev–Trinajstić information content (AvgIpc) is 3.36. The van der Waals surface area contributed by atoms with Crippen LogP contribution in [0, 0.1) is 11.8 Å². The number of hydrogen-bond donors (Lipinski definition) is 2. The molecule has 4 atom stereocenters. The summed E-state index contributed by atoms with van der Waals surface area (Å²) in [5, 5.41) is 4.16. The molecule has 3 fully saturated rings. The van der Waals surface area contributed by atoms with Crippen molar-refractivity contribution >= 4 is 5.91 Å². The lowest BCUT2D eigenvalue weighted by molar-refractivity contribution is -0.691. The summed E-state index contributed by atoms with van der Waals surface area (Å²) in [4.78, 5) is 16.7. The van der Waals surface area contributed by atoms with Crippen molar-refractivity contribution < 1.29 is 53.4 Å². The lowest BCUT2D eigenvalue weighted by Crippen LogP contribution is -3.00. The Hall–Kier alpha value is -1.80. The average molecular weight is 599 g/mol. The summed E-state index contributed by atoms with van der Waals surface area (Å²) in [5.41, 5.74) is 1.41. The van der Waals surface area contributed by atoms with Crippen LogP contribution in [0.3, 0.4) is 0 Å². The lowest BCUT2D eigenvalue weighted by atomic mass is 9.67. The predicted octanol–water partition coefficient (Wildman–Crippen LogP) is -2.42. The van der Waals surface area contributed by atoms with Crippen LogP contribution in [0.15, 0.2) is 48.5 Å². The number of carbonyl (C=O) groups is 1. The third-order valence-corrected chi connectivity index (χ3v) is 10.1. The van der Waals surface area contributed by atoms with Gasteiger partial charge in [0.25, 0.3) is 0 Å². The summed E-state index contributed by atoms with van der Waals surface area (Å²) in [5.74, 6) is 0.858. The molecule has 0 bridgehead atoms. The van der Waals surface area contributed by atoms with E-state index in [1.54, 1.807) is 6.07 Å². The Labute approximate surface area is 247 Å². The van der Waals surface area contributed by atoms with E-state index in [1.165, 1.54) is 43.7 Å². The fraction of sp³-hybridized carbons (Fsp3) is 0.581. The molecule has 1 saturated carbocycles. The van der Waals surface area contributed by atoms with Gasteiger partial charge in [-0.3, -0.25) is 4.79 Å². The summed E-state index contributed by atoms with van der Waals surface area (Å²) < 4.78 is 41.8. The molecular weight excluding hydrogens is 558 g/mol. The van der Waals surface area contributed by atoms with Gasteiger partial charge in [0.1, 0.15) is 17.9 Å². The molecule has 4 nitrogen and oxygen atoms in total. The van der Waals surface area contributed by atoms with Crippen LogP contribution in [0.1, 0.15) is 73.1 Å². The molecule has 0 aromatic heterocycles. The molecule has 2 saturated heterocycles. The fourth-order valence-electron chi connectivity index (χ4n) is 8.32. The molecule has 1 spiro atoms. The van der Waals surface area contributed by atoms with Crippen molar-refractivity contribution in [3.63, 3.8) is 0 Å². The van der Waals surface area contributed by atoms with Crippen LogP contribution in [0.4, 0.5) is 13.2 Å². The van der Waals surface area contributed by atoms with E-state index in [2.05, 4.69) is 40.5 Å². The second-order valence-corrected chi connectivity index (χ2v) is 12.1. The molecule has 2 aromatic rings. The van der Waals surface area contributed by atoms with Crippen molar-refractivity contribution in [2.45, 2.75) is 75.0 Å². The lowest BCUT2D eigenvalue weighted by Gasteiger charge is -2.47. The highest BCUT2D eigenvalue weighted by Crippen LogP contribution is 2.44. The first kappa shape index (κ1) is 31.1. The standard InChI is InChI=1S/C31H38F3N3O.2ClH/c32-31(33,34)26-13-7-12-25-24(26)17-35-19-30(25)20-36-18-27(30)29(38)37-15-14-23(21-8-3-1-4-9-21)16-28(37)22-10-5-2-6-11-22;;/h1,3-4,7-9,12-13,22-23,27-28,35-36H,2,5-6,10-11,14-20H2;2*1H/t23-,27+,28+,30+;;/m1../s1. The van der Waals surface area contributed by atoms with Gasteiger partial charge in [0.15, 0.2) is 0 Å². The van der Waals surface area contributed by atoms with Crippen LogP contribution in [0.2, 0.25) is 0 Å². The number of rotatable bonds is 3. The van der Waals surface area contributed by atoms with Gasteiger partial charge in [-0.2, -0.15) is 13.2 Å². The van der Waals surface area contributed by atoms with E-state index in [4.69, 9.17) is 0 Å². The van der Waals surface area contributed by atoms with Gasteiger partial charge in [-0.15, -0.1) is 0 Å². The molecule has 1 aliphatic carbocycles. The van der Waals surface area contributed by atoms with Crippen molar-refractivity contribution in [1.82, 2.24) is 4.90 Å². The van der Waals surface area contributed by atoms with Crippen LogP contribution in [-0.2, 0) is 22.9 Å². The zero-order valence-electron chi connectivity index (χ0n) is 22.8. The highest BCUT2D eigenvalue weighted by atomic mass is 35.5. The normalized spacial score (nSPS) is 28.9. The summed E-state index contributed by atoms with van der Waals surface area (Å²) in [6.45, 7) is 3.05. The number of hydrogen-bond acceptors (Lipinski definition) is 1. The number of alkyl halides is 3. The second kappa shape index (κ2) is 12.6. The van der Waals surface area contributed by atoms with Gasteiger partial charge in [0, 0.05) is 18.2 Å². The number of carbonyl (C=O) groups excluding carboxylic acids is 1. The molecule has 3 heterocycles. The highest BCUT2D eigenvalue weighted by molar-refractivity contribution is 5.82. The molecular formula is C31H40Cl2F3N3O. The summed E-state index contributed by atoms with van der Waals surface area (Å²) in [6.07, 6.45) is 3.62. The molecule has 4 aliphatic rings. The second-order valence-electron chi connectivity index (χ2n) is 12.1. The van der Waals surface area contributed by atoms with E-state index < -0.39 is 17.2 Å². The number of nitrogens with two attached hydrogens (primary N) is 2.